The number of carbonyl (C=O) groups is 1. The zero-order chi connectivity index (χ0) is 21.9. The number of benzene rings is 1. The average molecular weight is 439 g/mol. The predicted octanol–water partition coefficient (Wildman–Crippen LogP) is 5.95. The van der Waals surface area contributed by atoms with Crippen LogP contribution in [0.15, 0.2) is 46.9 Å². The molecule has 1 amide bonds. The second-order valence-electron chi connectivity index (χ2n) is 7.47. The highest BCUT2D eigenvalue weighted by Crippen LogP contribution is 2.21. The third-order valence-corrected chi connectivity index (χ3v) is 5.94. The molecular weight excluding hydrogens is 408 g/mol. The molecule has 0 aliphatic rings. The summed E-state index contributed by atoms with van der Waals surface area (Å²) in [5.41, 5.74) is 5.64. The lowest BCUT2D eigenvalue weighted by Crippen LogP contribution is -2.17. The lowest BCUT2D eigenvalue weighted by molar-refractivity contribution is 0.0950. The molecule has 2 N–H and O–H groups in total. The van der Waals surface area contributed by atoms with Crippen molar-refractivity contribution in [3.63, 3.8) is 0 Å². The Morgan fingerprint density at radius 3 is 2.68 bits per heavy atom. The largest absolute Gasteiger partial charge is 0.494 e. The van der Waals surface area contributed by atoms with Crippen LogP contribution in [0.1, 0.15) is 66.4 Å². The summed E-state index contributed by atoms with van der Waals surface area (Å²) >= 11 is 1.58. The first-order valence-corrected chi connectivity index (χ1v) is 11.7. The van der Waals surface area contributed by atoms with Crippen LogP contribution in [0, 0.1) is 6.92 Å². The minimum atomic E-state index is -0.330. The van der Waals surface area contributed by atoms with Crippen molar-refractivity contribution in [3.05, 3.63) is 57.9 Å². The Hall–Kier alpha value is -2.93. The van der Waals surface area contributed by atoms with Gasteiger partial charge >= 0.3 is 0 Å². The molecule has 0 fully saturated rings. The van der Waals surface area contributed by atoms with Crippen LogP contribution in [0.3, 0.4) is 0 Å². The number of H-pyrrole nitrogens is 1. The number of rotatable bonds is 12. The van der Waals surface area contributed by atoms with Gasteiger partial charge in [-0.25, -0.2) is 5.43 Å². The summed E-state index contributed by atoms with van der Waals surface area (Å²) in [6, 6.07) is 11.5. The van der Waals surface area contributed by atoms with Crippen LogP contribution < -0.4 is 10.2 Å². The SMILES string of the molecule is CCCCCCCCOc1ccc(-c2cc(C(=O)N/N=C\c3sccc3C)[nH]n2)cc1. The molecule has 0 radical (unpaired) electrons. The molecule has 0 aliphatic carbocycles. The van der Waals surface area contributed by atoms with Crippen LogP contribution in [0.4, 0.5) is 0 Å². The summed E-state index contributed by atoms with van der Waals surface area (Å²) in [5.74, 6) is 0.520. The normalized spacial score (nSPS) is 11.2. The molecule has 0 saturated heterocycles. The Morgan fingerprint density at radius 1 is 1.16 bits per heavy atom. The van der Waals surface area contributed by atoms with E-state index in [1.165, 1.54) is 32.1 Å². The fraction of sp³-hybridized carbons (Fsp3) is 0.375. The maximum atomic E-state index is 12.3. The molecule has 0 bridgehead atoms. The summed E-state index contributed by atoms with van der Waals surface area (Å²) < 4.78 is 5.82. The number of hydrogen-bond donors (Lipinski definition) is 2. The highest BCUT2D eigenvalue weighted by atomic mass is 32.1. The number of nitrogens with one attached hydrogen (secondary N) is 2. The monoisotopic (exact) mass is 438 g/mol. The Labute approximate surface area is 187 Å². The van der Waals surface area contributed by atoms with Gasteiger partial charge in [0.2, 0.25) is 0 Å². The Morgan fingerprint density at radius 2 is 1.94 bits per heavy atom. The average Bonchev–Trinajstić information content (AvgIpc) is 3.43. The van der Waals surface area contributed by atoms with E-state index in [-0.39, 0.29) is 5.91 Å². The Bertz CT molecular complexity index is 976. The van der Waals surface area contributed by atoms with Gasteiger partial charge in [-0.1, -0.05) is 39.0 Å². The van der Waals surface area contributed by atoms with Crippen LogP contribution >= 0.6 is 11.3 Å². The minimum absolute atomic E-state index is 0.330. The molecule has 1 aromatic carbocycles. The van der Waals surface area contributed by atoms with Gasteiger partial charge < -0.3 is 4.74 Å². The van der Waals surface area contributed by atoms with E-state index in [4.69, 9.17) is 4.74 Å². The van der Waals surface area contributed by atoms with E-state index in [2.05, 4.69) is 27.6 Å². The molecule has 164 valence electrons. The first-order chi connectivity index (χ1) is 15.2. The molecule has 0 spiro atoms. The zero-order valence-electron chi connectivity index (χ0n) is 18.2. The van der Waals surface area contributed by atoms with Crippen molar-refractivity contribution in [2.24, 2.45) is 5.10 Å². The van der Waals surface area contributed by atoms with Crippen molar-refractivity contribution < 1.29 is 9.53 Å². The van der Waals surface area contributed by atoms with E-state index in [0.717, 1.165) is 34.8 Å². The fourth-order valence-electron chi connectivity index (χ4n) is 3.11. The zero-order valence-corrected chi connectivity index (χ0v) is 19.0. The van der Waals surface area contributed by atoms with E-state index in [0.29, 0.717) is 11.4 Å². The van der Waals surface area contributed by atoms with E-state index in [1.54, 1.807) is 23.6 Å². The molecule has 0 aliphatic heterocycles. The first kappa shape index (κ1) is 22.7. The van der Waals surface area contributed by atoms with Crippen molar-refractivity contribution in [2.75, 3.05) is 6.61 Å². The van der Waals surface area contributed by atoms with E-state index < -0.39 is 0 Å². The molecule has 3 aromatic rings. The third kappa shape index (κ3) is 7.07. The van der Waals surface area contributed by atoms with Gasteiger partial charge in [0.05, 0.1) is 18.5 Å². The number of aromatic nitrogens is 2. The van der Waals surface area contributed by atoms with Crippen molar-refractivity contribution in [2.45, 2.75) is 52.4 Å². The number of nitrogens with zero attached hydrogens (tertiary/aromatic N) is 2. The number of hydrogen-bond acceptors (Lipinski definition) is 5. The molecule has 2 aromatic heterocycles. The predicted molar refractivity (Wildman–Crippen MR) is 127 cm³/mol. The number of thiophene rings is 1. The minimum Gasteiger partial charge on any atom is -0.494 e. The Balaban J connectivity index is 1.46. The van der Waals surface area contributed by atoms with Gasteiger partial charge in [-0.15, -0.1) is 11.3 Å². The maximum Gasteiger partial charge on any atom is 0.289 e. The van der Waals surface area contributed by atoms with Crippen molar-refractivity contribution in [1.29, 1.82) is 0 Å². The van der Waals surface area contributed by atoms with Gasteiger partial charge in [0.1, 0.15) is 11.4 Å². The van der Waals surface area contributed by atoms with Gasteiger partial charge in [-0.3, -0.25) is 9.89 Å². The van der Waals surface area contributed by atoms with E-state index in [9.17, 15) is 4.79 Å². The van der Waals surface area contributed by atoms with Crippen molar-refractivity contribution in [1.82, 2.24) is 15.6 Å². The summed E-state index contributed by atoms with van der Waals surface area (Å²) in [5, 5.41) is 13.0. The number of amides is 1. The van der Waals surface area contributed by atoms with Crippen LogP contribution in [-0.2, 0) is 0 Å². The topological polar surface area (TPSA) is 79.4 Å². The summed E-state index contributed by atoms with van der Waals surface area (Å²) in [4.78, 5) is 13.3. The third-order valence-electron chi connectivity index (χ3n) is 4.99. The van der Waals surface area contributed by atoms with Gasteiger partial charge in [0.25, 0.3) is 5.91 Å². The number of carbonyl (C=O) groups excluding carboxylic acids is 1. The molecule has 0 atom stereocenters. The first-order valence-electron chi connectivity index (χ1n) is 10.8. The smallest absolute Gasteiger partial charge is 0.289 e. The van der Waals surface area contributed by atoms with Crippen LogP contribution in [0.25, 0.3) is 11.3 Å². The molecule has 31 heavy (non-hydrogen) atoms. The molecule has 6 nitrogen and oxygen atoms in total. The summed E-state index contributed by atoms with van der Waals surface area (Å²) in [7, 11) is 0. The van der Waals surface area contributed by atoms with Gasteiger partial charge in [0, 0.05) is 10.4 Å². The lowest BCUT2D eigenvalue weighted by atomic mass is 10.1. The van der Waals surface area contributed by atoms with Crippen LogP contribution in [0.2, 0.25) is 0 Å². The Kier molecular flexibility index (Phi) is 8.84. The molecule has 7 heteroatoms. The summed E-state index contributed by atoms with van der Waals surface area (Å²) in [6.07, 6.45) is 9.14. The van der Waals surface area contributed by atoms with Crippen molar-refractivity contribution >= 4 is 23.5 Å². The molecular formula is C24H30N4O2S. The van der Waals surface area contributed by atoms with Gasteiger partial charge in [-0.2, -0.15) is 10.2 Å². The summed E-state index contributed by atoms with van der Waals surface area (Å²) in [6.45, 7) is 4.98. The number of ether oxygens (including phenoxy) is 1. The molecule has 0 unspecified atom stereocenters. The molecule has 3 rings (SSSR count). The van der Waals surface area contributed by atoms with Crippen LogP contribution in [-0.4, -0.2) is 28.9 Å². The second kappa shape index (κ2) is 12.1. The fourth-order valence-corrected chi connectivity index (χ4v) is 3.89. The quantitative estimate of drug-likeness (QED) is 0.208. The molecule has 0 saturated carbocycles. The number of hydrazone groups is 1. The van der Waals surface area contributed by atoms with Gasteiger partial charge in [0.15, 0.2) is 0 Å². The number of unbranched alkanes of at least 4 members (excludes halogenated alkanes) is 5. The van der Waals surface area contributed by atoms with Gasteiger partial charge in [-0.05, 0) is 60.7 Å². The van der Waals surface area contributed by atoms with E-state index in [1.807, 2.05) is 42.6 Å². The highest BCUT2D eigenvalue weighted by molar-refractivity contribution is 7.11. The molecule has 2 heterocycles. The van der Waals surface area contributed by atoms with Crippen molar-refractivity contribution in [3.8, 4) is 17.0 Å². The highest BCUT2D eigenvalue weighted by Gasteiger charge is 2.10. The van der Waals surface area contributed by atoms with Crippen LogP contribution in [0.5, 0.6) is 5.75 Å². The number of aryl methyl sites for hydroxylation is 1. The van der Waals surface area contributed by atoms with E-state index >= 15 is 0 Å². The maximum absolute atomic E-state index is 12.3. The second-order valence-corrected chi connectivity index (χ2v) is 8.42. The lowest BCUT2D eigenvalue weighted by Gasteiger charge is -2.06. The number of aromatic amines is 1. The standard InChI is InChI=1S/C24H30N4O2S/c1-3-4-5-6-7-8-14-30-20-11-9-19(10-12-20)21-16-22(27-26-21)24(29)28-25-17-23-18(2)13-15-31-23/h9-13,15-17H,3-8,14H2,1-2H3,(H,26,27)(H,28,29)/b25-17-.